The van der Waals surface area contributed by atoms with Crippen LogP contribution < -0.4 is 4.74 Å². The summed E-state index contributed by atoms with van der Waals surface area (Å²) in [4.78, 5) is 12.6. The molecular formula is C14H20N2O3. The molecule has 2 rings (SSSR count). The molecular weight excluding hydrogens is 244 g/mol. The smallest absolute Gasteiger partial charge is 0.269 e. The lowest BCUT2D eigenvalue weighted by atomic mass is 10.2. The molecule has 19 heavy (non-hydrogen) atoms. The lowest BCUT2D eigenvalue weighted by molar-refractivity contribution is -0.384. The average Bonchev–Trinajstić information content (AvgIpc) is 2.64. The Hall–Kier alpha value is -1.62. The molecule has 5 heteroatoms. The van der Waals surface area contributed by atoms with E-state index >= 15 is 0 Å². The molecule has 1 aliphatic heterocycles. The van der Waals surface area contributed by atoms with E-state index in [2.05, 4.69) is 11.8 Å². The van der Waals surface area contributed by atoms with E-state index in [0.717, 1.165) is 26.1 Å². The molecule has 0 bridgehead atoms. The number of nitro benzene ring substituents is 1. The molecule has 0 aromatic heterocycles. The standard InChI is InChI=1S/C14H20N2O3/c1-2-15-10-4-3-5-14(11-15)19-13-8-6-12(7-9-13)16(17)18/h6-9,14H,2-5,10-11H2,1H3. The Morgan fingerprint density at radius 2 is 2.11 bits per heavy atom. The molecule has 0 aliphatic carbocycles. The van der Waals surface area contributed by atoms with Gasteiger partial charge in [-0.15, -0.1) is 0 Å². The summed E-state index contributed by atoms with van der Waals surface area (Å²) in [5, 5.41) is 10.6. The number of benzene rings is 1. The average molecular weight is 264 g/mol. The molecule has 0 radical (unpaired) electrons. The fourth-order valence-corrected chi connectivity index (χ4v) is 2.40. The predicted octanol–water partition coefficient (Wildman–Crippen LogP) is 2.85. The van der Waals surface area contributed by atoms with Crippen molar-refractivity contribution in [2.45, 2.75) is 32.3 Å². The highest BCUT2D eigenvalue weighted by atomic mass is 16.6. The van der Waals surface area contributed by atoms with Crippen LogP contribution in [0.1, 0.15) is 26.2 Å². The Balaban J connectivity index is 1.97. The molecule has 0 saturated carbocycles. The van der Waals surface area contributed by atoms with E-state index in [1.54, 1.807) is 12.1 Å². The second-order valence-corrected chi connectivity index (χ2v) is 4.88. The van der Waals surface area contributed by atoms with Crippen LogP contribution in [0.3, 0.4) is 0 Å². The summed E-state index contributed by atoms with van der Waals surface area (Å²) in [6.45, 7) is 5.28. The van der Waals surface area contributed by atoms with Crippen LogP contribution >= 0.6 is 0 Å². The van der Waals surface area contributed by atoms with Gasteiger partial charge in [-0.1, -0.05) is 6.92 Å². The topological polar surface area (TPSA) is 55.6 Å². The van der Waals surface area contributed by atoms with Crippen LogP contribution in [0.15, 0.2) is 24.3 Å². The van der Waals surface area contributed by atoms with Gasteiger partial charge in [0.1, 0.15) is 11.9 Å². The van der Waals surface area contributed by atoms with Gasteiger partial charge >= 0.3 is 0 Å². The number of likely N-dealkylation sites (N-methyl/N-ethyl adjacent to an activating group) is 1. The number of likely N-dealkylation sites (tertiary alicyclic amines) is 1. The number of rotatable bonds is 4. The van der Waals surface area contributed by atoms with E-state index in [4.69, 9.17) is 4.74 Å². The first kappa shape index (κ1) is 13.8. The first-order valence-electron chi connectivity index (χ1n) is 6.82. The lowest BCUT2D eigenvalue weighted by Gasteiger charge is -2.23. The second kappa shape index (κ2) is 6.52. The molecule has 1 atom stereocenters. The fraction of sp³-hybridized carbons (Fsp3) is 0.571. The molecule has 1 saturated heterocycles. The van der Waals surface area contributed by atoms with Crippen LogP contribution in [-0.4, -0.2) is 35.6 Å². The fourth-order valence-electron chi connectivity index (χ4n) is 2.40. The summed E-state index contributed by atoms with van der Waals surface area (Å²) in [7, 11) is 0. The molecule has 0 spiro atoms. The minimum Gasteiger partial charge on any atom is -0.489 e. The van der Waals surface area contributed by atoms with E-state index in [0.29, 0.717) is 5.75 Å². The van der Waals surface area contributed by atoms with Gasteiger partial charge in [0, 0.05) is 18.7 Å². The molecule has 1 unspecified atom stereocenters. The van der Waals surface area contributed by atoms with Crippen molar-refractivity contribution < 1.29 is 9.66 Å². The van der Waals surface area contributed by atoms with Gasteiger partial charge in [0.2, 0.25) is 0 Å². The highest BCUT2D eigenvalue weighted by Crippen LogP contribution is 2.21. The summed E-state index contributed by atoms with van der Waals surface area (Å²) in [6, 6.07) is 6.34. The molecule has 5 nitrogen and oxygen atoms in total. The van der Waals surface area contributed by atoms with Gasteiger partial charge < -0.3 is 4.74 Å². The number of hydrogen-bond acceptors (Lipinski definition) is 4. The van der Waals surface area contributed by atoms with Gasteiger partial charge in [-0.05, 0) is 44.5 Å². The third-order valence-corrected chi connectivity index (χ3v) is 3.51. The molecule has 1 aliphatic rings. The molecule has 1 heterocycles. The zero-order chi connectivity index (χ0) is 13.7. The SMILES string of the molecule is CCN1CCCCC(Oc2ccc([N+](=O)[O-])cc2)C1. The molecule has 1 aromatic rings. The zero-order valence-corrected chi connectivity index (χ0v) is 11.2. The first-order chi connectivity index (χ1) is 9.19. The number of non-ortho nitro benzene ring substituents is 1. The van der Waals surface area contributed by atoms with E-state index in [1.807, 2.05) is 0 Å². The Morgan fingerprint density at radius 1 is 1.37 bits per heavy atom. The van der Waals surface area contributed by atoms with Gasteiger partial charge in [-0.3, -0.25) is 15.0 Å². The number of hydrogen-bond donors (Lipinski definition) is 0. The molecule has 0 amide bonds. The molecule has 1 fully saturated rings. The second-order valence-electron chi connectivity index (χ2n) is 4.88. The summed E-state index contributed by atoms with van der Waals surface area (Å²) in [6.07, 6.45) is 3.62. The van der Waals surface area contributed by atoms with E-state index in [9.17, 15) is 10.1 Å². The third kappa shape index (κ3) is 3.92. The largest absolute Gasteiger partial charge is 0.489 e. The normalized spacial score (nSPS) is 20.8. The maximum absolute atomic E-state index is 10.6. The molecule has 1 aromatic carbocycles. The Kier molecular flexibility index (Phi) is 4.74. The van der Waals surface area contributed by atoms with Crippen molar-refractivity contribution in [2.75, 3.05) is 19.6 Å². The highest BCUT2D eigenvalue weighted by molar-refractivity contribution is 5.36. The van der Waals surface area contributed by atoms with Crippen LogP contribution in [0.2, 0.25) is 0 Å². The van der Waals surface area contributed by atoms with Crippen molar-refractivity contribution in [1.29, 1.82) is 0 Å². The monoisotopic (exact) mass is 264 g/mol. The highest BCUT2D eigenvalue weighted by Gasteiger charge is 2.18. The van der Waals surface area contributed by atoms with Crippen molar-refractivity contribution in [3.63, 3.8) is 0 Å². The maximum Gasteiger partial charge on any atom is 0.269 e. The van der Waals surface area contributed by atoms with Crippen LogP contribution in [0.4, 0.5) is 5.69 Å². The lowest BCUT2D eigenvalue weighted by Crippen LogP contribution is -2.33. The zero-order valence-electron chi connectivity index (χ0n) is 11.2. The Bertz CT molecular complexity index is 419. The van der Waals surface area contributed by atoms with Crippen molar-refractivity contribution in [3.05, 3.63) is 34.4 Å². The van der Waals surface area contributed by atoms with Crippen LogP contribution in [0.5, 0.6) is 5.75 Å². The number of nitrogens with zero attached hydrogens (tertiary/aromatic N) is 2. The summed E-state index contributed by atoms with van der Waals surface area (Å²) >= 11 is 0. The van der Waals surface area contributed by atoms with Crippen molar-refractivity contribution in [3.8, 4) is 5.75 Å². The summed E-state index contributed by atoms with van der Waals surface area (Å²) < 4.78 is 5.94. The van der Waals surface area contributed by atoms with Crippen molar-refractivity contribution in [2.24, 2.45) is 0 Å². The first-order valence-corrected chi connectivity index (χ1v) is 6.82. The Morgan fingerprint density at radius 3 is 2.74 bits per heavy atom. The van der Waals surface area contributed by atoms with Gasteiger partial charge in [0.15, 0.2) is 0 Å². The molecule has 104 valence electrons. The van der Waals surface area contributed by atoms with Crippen LogP contribution in [0, 0.1) is 10.1 Å². The number of ether oxygens (including phenoxy) is 1. The van der Waals surface area contributed by atoms with E-state index in [-0.39, 0.29) is 11.8 Å². The summed E-state index contributed by atoms with van der Waals surface area (Å²) in [5.41, 5.74) is 0.100. The predicted molar refractivity (Wildman–Crippen MR) is 73.5 cm³/mol. The maximum atomic E-state index is 10.6. The molecule has 0 N–H and O–H groups in total. The number of nitro groups is 1. The van der Waals surface area contributed by atoms with Crippen LogP contribution in [-0.2, 0) is 0 Å². The minimum absolute atomic E-state index is 0.100. The minimum atomic E-state index is -0.395. The van der Waals surface area contributed by atoms with Gasteiger partial charge in [0.25, 0.3) is 5.69 Å². The van der Waals surface area contributed by atoms with Crippen molar-refractivity contribution in [1.82, 2.24) is 4.90 Å². The van der Waals surface area contributed by atoms with Gasteiger partial charge in [0.05, 0.1) is 4.92 Å². The quantitative estimate of drug-likeness (QED) is 0.620. The van der Waals surface area contributed by atoms with Gasteiger partial charge in [-0.25, -0.2) is 0 Å². The van der Waals surface area contributed by atoms with Crippen LogP contribution in [0.25, 0.3) is 0 Å². The van der Waals surface area contributed by atoms with E-state index < -0.39 is 4.92 Å². The van der Waals surface area contributed by atoms with Crippen molar-refractivity contribution >= 4 is 5.69 Å². The van der Waals surface area contributed by atoms with Gasteiger partial charge in [-0.2, -0.15) is 0 Å². The Labute approximate surface area is 113 Å². The summed E-state index contributed by atoms with van der Waals surface area (Å²) in [5.74, 6) is 0.716. The van der Waals surface area contributed by atoms with E-state index in [1.165, 1.54) is 25.0 Å². The third-order valence-electron chi connectivity index (χ3n) is 3.51.